The Kier molecular flexibility index (Phi) is 3.27. The van der Waals surface area contributed by atoms with Crippen LogP contribution in [0.15, 0.2) is 18.2 Å². The van der Waals surface area contributed by atoms with Gasteiger partial charge in [-0.05, 0) is 44.9 Å². The van der Waals surface area contributed by atoms with E-state index in [0.29, 0.717) is 12.5 Å². The number of aryl methyl sites for hydroxylation is 1. The lowest BCUT2D eigenvalue weighted by Gasteiger charge is -2.32. The van der Waals surface area contributed by atoms with E-state index in [0.717, 1.165) is 50.3 Å². The molecular formula is C15H21N3O. The lowest BCUT2D eigenvalue weighted by Crippen LogP contribution is -2.45. The summed E-state index contributed by atoms with van der Waals surface area (Å²) >= 11 is 0. The third-order valence-corrected chi connectivity index (χ3v) is 4.37. The molecule has 2 aliphatic rings. The quantitative estimate of drug-likeness (QED) is 0.875. The van der Waals surface area contributed by atoms with E-state index >= 15 is 0 Å². The zero-order valence-electron chi connectivity index (χ0n) is 11.5. The SMILES string of the molecule is Cc1cccc(CN2CC[C@]3(CCCNC3)C2=O)n1. The number of amides is 1. The van der Waals surface area contributed by atoms with Crippen LogP contribution in [0.4, 0.5) is 0 Å². The highest BCUT2D eigenvalue weighted by molar-refractivity contribution is 5.85. The number of pyridine rings is 1. The summed E-state index contributed by atoms with van der Waals surface area (Å²) in [6.07, 6.45) is 3.14. The van der Waals surface area contributed by atoms with Gasteiger partial charge in [-0.25, -0.2) is 0 Å². The lowest BCUT2D eigenvalue weighted by atomic mass is 9.79. The van der Waals surface area contributed by atoms with Gasteiger partial charge in [0.15, 0.2) is 0 Å². The fourth-order valence-corrected chi connectivity index (χ4v) is 3.29. The molecule has 0 bridgehead atoms. The maximum absolute atomic E-state index is 12.6. The molecule has 3 rings (SSSR count). The molecule has 1 aromatic heterocycles. The number of nitrogens with zero attached hydrogens (tertiary/aromatic N) is 2. The molecule has 3 heterocycles. The molecule has 0 radical (unpaired) electrons. The summed E-state index contributed by atoms with van der Waals surface area (Å²) in [7, 11) is 0. The molecule has 1 N–H and O–H groups in total. The number of likely N-dealkylation sites (tertiary alicyclic amines) is 1. The average molecular weight is 259 g/mol. The number of carbonyl (C=O) groups excluding carboxylic acids is 1. The van der Waals surface area contributed by atoms with Crippen LogP contribution in [0.25, 0.3) is 0 Å². The summed E-state index contributed by atoms with van der Waals surface area (Å²) in [4.78, 5) is 19.1. The number of nitrogens with one attached hydrogen (secondary N) is 1. The smallest absolute Gasteiger partial charge is 0.230 e. The third-order valence-electron chi connectivity index (χ3n) is 4.37. The average Bonchev–Trinajstić information content (AvgIpc) is 2.70. The van der Waals surface area contributed by atoms with E-state index in [-0.39, 0.29) is 5.41 Å². The predicted molar refractivity (Wildman–Crippen MR) is 73.5 cm³/mol. The van der Waals surface area contributed by atoms with Gasteiger partial charge >= 0.3 is 0 Å². The molecule has 1 amide bonds. The summed E-state index contributed by atoms with van der Waals surface area (Å²) in [5.41, 5.74) is 1.88. The van der Waals surface area contributed by atoms with Crippen molar-refractivity contribution in [2.45, 2.75) is 32.7 Å². The highest BCUT2D eigenvalue weighted by Gasteiger charge is 2.46. The molecule has 1 atom stereocenters. The second kappa shape index (κ2) is 4.93. The van der Waals surface area contributed by atoms with Crippen molar-refractivity contribution >= 4 is 5.91 Å². The van der Waals surface area contributed by atoms with Gasteiger partial charge in [-0.15, -0.1) is 0 Å². The minimum absolute atomic E-state index is 0.123. The second-order valence-electron chi connectivity index (χ2n) is 5.81. The fourth-order valence-electron chi connectivity index (χ4n) is 3.29. The van der Waals surface area contributed by atoms with Gasteiger partial charge in [-0.1, -0.05) is 6.07 Å². The normalized spacial score (nSPS) is 27.2. The van der Waals surface area contributed by atoms with Crippen LogP contribution in [-0.2, 0) is 11.3 Å². The first-order chi connectivity index (χ1) is 9.20. The summed E-state index contributed by atoms with van der Waals surface area (Å²) in [5.74, 6) is 0.322. The van der Waals surface area contributed by atoms with Gasteiger partial charge in [0.05, 0.1) is 17.7 Å². The van der Waals surface area contributed by atoms with E-state index in [1.807, 2.05) is 30.0 Å². The molecule has 19 heavy (non-hydrogen) atoms. The summed E-state index contributed by atoms with van der Waals surface area (Å²) in [6, 6.07) is 6.00. The van der Waals surface area contributed by atoms with Crippen LogP contribution in [0.5, 0.6) is 0 Å². The van der Waals surface area contributed by atoms with Crippen LogP contribution in [0.2, 0.25) is 0 Å². The van der Waals surface area contributed by atoms with Crippen molar-refractivity contribution in [1.82, 2.24) is 15.2 Å². The minimum atomic E-state index is -0.123. The number of piperidine rings is 1. The van der Waals surface area contributed by atoms with Gasteiger partial charge in [0.1, 0.15) is 0 Å². The van der Waals surface area contributed by atoms with Crippen molar-refractivity contribution in [2.75, 3.05) is 19.6 Å². The van der Waals surface area contributed by atoms with Crippen molar-refractivity contribution in [1.29, 1.82) is 0 Å². The molecule has 102 valence electrons. The van der Waals surface area contributed by atoms with Crippen molar-refractivity contribution in [3.63, 3.8) is 0 Å². The van der Waals surface area contributed by atoms with E-state index in [9.17, 15) is 4.79 Å². The molecule has 0 saturated carbocycles. The minimum Gasteiger partial charge on any atom is -0.336 e. The first-order valence-electron chi connectivity index (χ1n) is 7.12. The van der Waals surface area contributed by atoms with Gasteiger partial charge in [-0.2, -0.15) is 0 Å². The van der Waals surface area contributed by atoms with Crippen molar-refractivity contribution < 1.29 is 4.79 Å². The molecular weight excluding hydrogens is 238 g/mol. The van der Waals surface area contributed by atoms with Gasteiger partial charge in [-0.3, -0.25) is 9.78 Å². The van der Waals surface area contributed by atoms with Crippen molar-refractivity contribution in [2.24, 2.45) is 5.41 Å². The Bertz CT molecular complexity index is 480. The van der Waals surface area contributed by atoms with E-state index < -0.39 is 0 Å². The molecule has 0 aliphatic carbocycles. The monoisotopic (exact) mass is 259 g/mol. The van der Waals surface area contributed by atoms with Gasteiger partial charge < -0.3 is 10.2 Å². The van der Waals surface area contributed by atoms with Crippen molar-refractivity contribution in [3.8, 4) is 0 Å². The predicted octanol–water partition coefficient (Wildman–Crippen LogP) is 1.49. The Morgan fingerprint density at radius 1 is 1.42 bits per heavy atom. The summed E-state index contributed by atoms with van der Waals surface area (Å²) in [6.45, 7) is 5.41. The highest BCUT2D eigenvalue weighted by Crippen LogP contribution is 2.38. The van der Waals surface area contributed by atoms with E-state index in [1.165, 1.54) is 0 Å². The summed E-state index contributed by atoms with van der Waals surface area (Å²) < 4.78 is 0. The largest absolute Gasteiger partial charge is 0.336 e. The van der Waals surface area contributed by atoms with Gasteiger partial charge in [0.2, 0.25) is 5.91 Å². The molecule has 1 aromatic rings. The van der Waals surface area contributed by atoms with Crippen LogP contribution in [0, 0.1) is 12.3 Å². The number of hydrogen-bond acceptors (Lipinski definition) is 3. The highest BCUT2D eigenvalue weighted by atomic mass is 16.2. The topological polar surface area (TPSA) is 45.2 Å². The first kappa shape index (κ1) is 12.6. The molecule has 2 saturated heterocycles. The summed E-state index contributed by atoms with van der Waals surface area (Å²) in [5, 5.41) is 3.38. The van der Waals surface area contributed by atoms with Crippen LogP contribution >= 0.6 is 0 Å². The zero-order valence-corrected chi connectivity index (χ0v) is 11.5. The number of hydrogen-bond donors (Lipinski definition) is 1. The van der Waals surface area contributed by atoms with Gasteiger partial charge in [0.25, 0.3) is 0 Å². The van der Waals surface area contributed by atoms with Crippen LogP contribution < -0.4 is 5.32 Å². The Morgan fingerprint density at radius 2 is 2.32 bits per heavy atom. The molecule has 2 aliphatic heterocycles. The third kappa shape index (κ3) is 2.37. The number of aromatic nitrogens is 1. The number of rotatable bonds is 2. The molecule has 1 spiro atoms. The maximum Gasteiger partial charge on any atom is 0.230 e. The Hall–Kier alpha value is -1.42. The van der Waals surface area contributed by atoms with E-state index in [2.05, 4.69) is 10.3 Å². The molecule has 2 fully saturated rings. The maximum atomic E-state index is 12.6. The molecule has 4 heteroatoms. The molecule has 0 aromatic carbocycles. The first-order valence-corrected chi connectivity index (χ1v) is 7.12. The number of carbonyl (C=O) groups is 1. The van der Waals surface area contributed by atoms with E-state index in [1.54, 1.807) is 0 Å². The molecule has 4 nitrogen and oxygen atoms in total. The second-order valence-corrected chi connectivity index (χ2v) is 5.81. The van der Waals surface area contributed by atoms with Crippen molar-refractivity contribution in [3.05, 3.63) is 29.6 Å². The molecule has 0 unspecified atom stereocenters. The Balaban J connectivity index is 1.72. The van der Waals surface area contributed by atoms with Gasteiger partial charge in [0, 0.05) is 18.8 Å². The van der Waals surface area contributed by atoms with E-state index in [4.69, 9.17) is 0 Å². The van der Waals surface area contributed by atoms with Crippen LogP contribution in [0.3, 0.4) is 0 Å². The van der Waals surface area contributed by atoms with Crippen LogP contribution in [-0.4, -0.2) is 35.4 Å². The standard InChI is InChI=1S/C15H21N3O/c1-12-4-2-5-13(17-12)10-18-9-7-15(14(18)19)6-3-8-16-11-15/h2,4-5,16H,3,6-11H2,1H3/t15-/m0/s1. The Morgan fingerprint density at radius 3 is 3.05 bits per heavy atom. The fraction of sp³-hybridized carbons (Fsp3) is 0.600. The lowest BCUT2D eigenvalue weighted by molar-refractivity contribution is -0.137. The zero-order chi connectivity index (χ0) is 13.3. The Labute approximate surface area is 114 Å². The van der Waals surface area contributed by atoms with Crippen LogP contribution in [0.1, 0.15) is 30.7 Å².